The Morgan fingerprint density at radius 2 is 2.00 bits per heavy atom. The van der Waals surface area contributed by atoms with Gasteiger partial charge in [-0.3, -0.25) is 4.79 Å². The zero-order chi connectivity index (χ0) is 14.9. The zero-order valence-electron chi connectivity index (χ0n) is 11.3. The average molecular weight is 276 g/mol. The first-order valence-corrected chi connectivity index (χ1v) is 6.18. The van der Waals surface area contributed by atoms with Gasteiger partial charge in [0.05, 0.1) is 6.61 Å². The van der Waals surface area contributed by atoms with Crippen molar-refractivity contribution in [3.8, 4) is 11.5 Å². The number of hydrogen-bond acceptors (Lipinski definition) is 5. The lowest BCUT2D eigenvalue weighted by Gasteiger charge is -2.09. The first-order chi connectivity index (χ1) is 9.43. The predicted molar refractivity (Wildman–Crippen MR) is 75.1 cm³/mol. The van der Waals surface area contributed by atoms with Crippen molar-refractivity contribution in [1.29, 1.82) is 0 Å². The third-order valence-corrected chi connectivity index (χ3v) is 3.09. The van der Waals surface area contributed by atoms with Crippen LogP contribution in [-0.4, -0.2) is 21.9 Å². The number of phenolic OH excluding ortho intramolecular Hbond substituents is 2. The summed E-state index contributed by atoms with van der Waals surface area (Å²) in [5, 5.41) is 28.8. The summed E-state index contributed by atoms with van der Waals surface area (Å²) < 4.78 is 5.49. The van der Waals surface area contributed by atoms with E-state index in [1.807, 2.05) is 0 Å². The summed E-state index contributed by atoms with van der Waals surface area (Å²) in [5.41, 5.74) is 0.965. The second kappa shape index (κ2) is 5.38. The van der Waals surface area contributed by atoms with Crippen LogP contribution in [0.25, 0.3) is 11.0 Å². The standard InChI is InChI=1S/C15H16O5/c1-8(7-16)3-4-10-11(17)6-13(19)14-12(18)5-9(2)20-15(10)14/h3,5-6,16-17,19H,4,7H2,1-2H3/b8-3+. The van der Waals surface area contributed by atoms with E-state index in [4.69, 9.17) is 9.52 Å². The van der Waals surface area contributed by atoms with Crippen molar-refractivity contribution in [2.24, 2.45) is 0 Å². The first-order valence-electron chi connectivity index (χ1n) is 6.18. The number of aliphatic hydroxyl groups excluding tert-OH is 1. The van der Waals surface area contributed by atoms with Gasteiger partial charge in [-0.25, -0.2) is 0 Å². The molecule has 0 unspecified atom stereocenters. The molecule has 106 valence electrons. The molecule has 0 radical (unpaired) electrons. The molecule has 1 aromatic carbocycles. The monoisotopic (exact) mass is 276 g/mol. The quantitative estimate of drug-likeness (QED) is 0.746. The lowest BCUT2D eigenvalue weighted by Crippen LogP contribution is -2.03. The fourth-order valence-electron chi connectivity index (χ4n) is 2.01. The Morgan fingerprint density at radius 1 is 1.30 bits per heavy atom. The summed E-state index contributed by atoms with van der Waals surface area (Å²) in [7, 11) is 0. The van der Waals surface area contributed by atoms with Gasteiger partial charge in [-0.1, -0.05) is 11.6 Å². The lowest BCUT2D eigenvalue weighted by atomic mass is 10.0. The molecule has 0 aliphatic heterocycles. The zero-order valence-corrected chi connectivity index (χ0v) is 11.3. The molecule has 0 saturated carbocycles. The molecule has 5 heteroatoms. The Balaban J connectivity index is 2.73. The van der Waals surface area contributed by atoms with Gasteiger partial charge in [0.1, 0.15) is 28.2 Å². The van der Waals surface area contributed by atoms with E-state index in [0.717, 1.165) is 11.6 Å². The Kier molecular flexibility index (Phi) is 3.81. The highest BCUT2D eigenvalue weighted by molar-refractivity contribution is 5.88. The second-order valence-electron chi connectivity index (χ2n) is 4.73. The van der Waals surface area contributed by atoms with Gasteiger partial charge in [-0.2, -0.15) is 0 Å². The van der Waals surface area contributed by atoms with Gasteiger partial charge >= 0.3 is 0 Å². The van der Waals surface area contributed by atoms with Crippen molar-refractivity contribution in [3.63, 3.8) is 0 Å². The topological polar surface area (TPSA) is 90.9 Å². The van der Waals surface area contributed by atoms with Gasteiger partial charge in [0, 0.05) is 17.7 Å². The molecular formula is C15H16O5. The van der Waals surface area contributed by atoms with Gasteiger partial charge in [0.25, 0.3) is 0 Å². The number of aryl methyl sites for hydroxylation is 1. The van der Waals surface area contributed by atoms with E-state index in [0.29, 0.717) is 17.7 Å². The van der Waals surface area contributed by atoms with Crippen LogP contribution in [0.15, 0.2) is 33.0 Å². The summed E-state index contributed by atoms with van der Waals surface area (Å²) in [6.07, 6.45) is 2.02. The summed E-state index contributed by atoms with van der Waals surface area (Å²) in [4.78, 5) is 11.9. The van der Waals surface area contributed by atoms with Crippen LogP contribution in [0.4, 0.5) is 0 Å². The van der Waals surface area contributed by atoms with Crippen LogP contribution in [0.1, 0.15) is 18.2 Å². The fraction of sp³-hybridized carbons (Fsp3) is 0.267. The number of rotatable bonds is 3. The van der Waals surface area contributed by atoms with Gasteiger partial charge in [-0.15, -0.1) is 0 Å². The Labute approximate surface area is 115 Å². The van der Waals surface area contributed by atoms with Crippen molar-refractivity contribution >= 4 is 11.0 Å². The molecule has 5 nitrogen and oxygen atoms in total. The maximum Gasteiger partial charge on any atom is 0.196 e. The van der Waals surface area contributed by atoms with Gasteiger partial charge < -0.3 is 19.7 Å². The molecule has 0 spiro atoms. The minimum absolute atomic E-state index is 0.0541. The SMILES string of the molecule is C/C(=C\Cc1c(O)cc(O)c2c(=O)cc(C)oc12)CO. The maximum absolute atomic E-state index is 11.9. The third kappa shape index (κ3) is 2.53. The molecule has 0 bridgehead atoms. The normalized spacial score (nSPS) is 12.1. The Hall–Kier alpha value is -2.27. The van der Waals surface area contributed by atoms with E-state index in [-0.39, 0.29) is 34.5 Å². The fourth-order valence-corrected chi connectivity index (χ4v) is 2.01. The summed E-state index contributed by atoms with van der Waals surface area (Å²) >= 11 is 0. The molecule has 20 heavy (non-hydrogen) atoms. The molecule has 0 aliphatic carbocycles. The van der Waals surface area contributed by atoms with E-state index in [9.17, 15) is 15.0 Å². The number of aromatic hydroxyl groups is 2. The van der Waals surface area contributed by atoms with Crippen LogP contribution in [0.5, 0.6) is 11.5 Å². The number of hydrogen-bond donors (Lipinski definition) is 3. The number of aliphatic hydroxyl groups is 1. The molecule has 0 aliphatic rings. The van der Waals surface area contributed by atoms with Crippen molar-refractivity contribution in [1.82, 2.24) is 0 Å². The summed E-state index contributed by atoms with van der Waals surface area (Å²) in [6, 6.07) is 2.42. The molecule has 0 atom stereocenters. The highest BCUT2D eigenvalue weighted by atomic mass is 16.3. The highest BCUT2D eigenvalue weighted by Gasteiger charge is 2.16. The van der Waals surface area contributed by atoms with Crippen molar-refractivity contribution < 1.29 is 19.7 Å². The highest BCUT2D eigenvalue weighted by Crippen LogP contribution is 2.33. The predicted octanol–water partition coefficient (Wildman–Crippen LogP) is 1.99. The molecular weight excluding hydrogens is 260 g/mol. The van der Waals surface area contributed by atoms with Crippen LogP contribution < -0.4 is 5.43 Å². The lowest BCUT2D eigenvalue weighted by molar-refractivity contribution is 0.331. The van der Waals surface area contributed by atoms with Gasteiger partial charge in [-0.05, 0) is 20.3 Å². The second-order valence-corrected chi connectivity index (χ2v) is 4.73. The van der Waals surface area contributed by atoms with E-state index < -0.39 is 0 Å². The summed E-state index contributed by atoms with van der Waals surface area (Å²) in [5.74, 6) is -0.0554. The Morgan fingerprint density at radius 3 is 2.65 bits per heavy atom. The third-order valence-electron chi connectivity index (χ3n) is 3.09. The molecule has 0 fully saturated rings. The number of allylic oxidation sites excluding steroid dienone is 1. The van der Waals surface area contributed by atoms with Crippen molar-refractivity contribution in [2.45, 2.75) is 20.3 Å². The van der Waals surface area contributed by atoms with E-state index in [2.05, 4.69) is 0 Å². The number of benzene rings is 1. The maximum atomic E-state index is 11.9. The van der Waals surface area contributed by atoms with Gasteiger partial charge in [0.2, 0.25) is 0 Å². The minimum atomic E-state index is -0.356. The molecule has 2 rings (SSSR count). The Bertz CT molecular complexity index is 740. The molecule has 0 amide bonds. The molecule has 0 saturated heterocycles. The largest absolute Gasteiger partial charge is 0.507 e. The van der Waals surface area contributed by atoms with Crippen LogP contribution in [-0.2, 0) is 6.42 Å². The van der Waals surface area contributed by atoms with Crippen LogP contribution >= 0.6 is 0 Å². The average Bonchev–Trinajstić information content (AvgIpc) is 2.36. The van der Waals surface area contributed by atoms with E-state index in [1.54, 1.807) is 19.9 Å². The van der Waals surface area contributed by atoms with E-state index >= 15 is 0 Å². The van der Waals surface area contributed by atoms with Crippen LogP contribution in [0.3, 0.4) is 0 Å². The molecule has 3 N–H and O–H groups in total. The van der Waals surface area contributed by atoms with E-state index in [1.165, 1.54) is 6.07 Å². The molecule has 1 heterocycles. The smallest absolute Gasteiger partial charge is 0.196 e. The van der Waals surface area contributed by atoms with Crippen molar-refractivity contribution in [3.05, 3.63) is 45.3 Å². The number of fused-ring (bicyclic) bond motifs is 1. The summed E-state index contributed by atoms with van der Waals surface area (Å²) in [6.45, 7) is 3.29. The number of phenols is 2. The molecule has 1 aromatic heterocycles. The minimum Gasteiger partial charge on any atom is -0.507 e. The molecule has 2 aromatic rings. The first kappa shape index (κ1) is 14.1. The van der Waals surface area contributed by atoms with Gasteiger partial charge in [0.15, 0.2) is 5.43 Å². The van der Waals surface area contributed by atoms with Crippen LogP contribution in [0.2, 0.25) is 0 Å². The van der Waals surface area contributed by atoms with Crippen molar-refractivity contribution in [2.75, 3.05) is 6.61 Å². The van der Waals surface area contributed by atoms with Crippen LogP contribution in [0, 0.1) is 6.92 Å².